The smallest absolute Gasteiger partial charge is 0.338 e. The van der Waals surface area contributed by atoms with Crippen molar-refractivity contribution >= 4 is 17.6 Å². The molecule has 0 saturated carbocycles. The summed E-state index contributed by atoms with van der Waals surface area (Å²) in [5, 5.41) is 13.3. The SMILES string of the molecule is O=C(O)c1ccncc1-n1cc(Cl)cn1. The van der Waals surface area contributed by atoms with Gasteiger partial charge >= 0.3 is 5.97 Å². The van der Waals surface area contributed by atoms with Crippen LogP contribution in [-0.2, 0) is 0 Å². The first kappa shape index (κ1) is 9.67. The third-order valence-electron chi connectivity index (χ3n) is 1.83. The van der Waals surface area contributed by atoms with Crippen molar-refractivity contribution in [2.75, 3.05) is 0 Å². The predicted molar refractivity (Wildman–Crippen MR) is 53.3 cm³/mol. The molecule has 2 aromatic rings. The molecular formula is C9H6ClN3O2. The second-order valence-electron chi connectivity index (χ2n) is 2.80. The second kappa shape index (κ2) is 3.70. The van der Waals surface area contributed by atoms with Gasteiger partial charge in [-0.3, -0.25) is 4.98 Å². The fourth-order valence-corrected chi connectivity index (χ4v) is 1.32. The van der Waals surface area contributed by atoms with Crippen molar-refractivity contribution < 1.29 is 9.90 Å². The Hall–Kier alpha value is -1.88. The van der Waals surface area contributed by atoms with Gasteiger partial charge < -0.3 is 5.11 Å². The molecule has 76 valence electrons. The van der Waals surface area contributed by atoms with Crippen molar-refractivity contribution in [1.29, 1.82) is 0 Å². The standard InChI is InChI=1S/C9H6ClN3O2/c10-6-3-12-13(5-6)8-4-11-2-1-7(8)9(14)15/h1-5H,(H,14,15). The number of aromatic carboxylic acids is 1. The molecule has 0 fully saturated rings. The summed E-state index contributed by atoms with van der Waals surface area (Å²) in [5.41, 5.74) is 0.515. The molecule has 0 spiro atoms. The van der Waals surface area contributed by atoms with Crippen molar-refractivity contribution in [3.63, 3.8) is 0 Å². The molecule has 0 atom stereocenters. The van der Waals surface area contributed by atoms with Gasteiger partial charge in [0.25, 0.3) is 0 Å². The zero-order valence-corrected chi connectivity index (χ0v) is 8.22. The summed E-state index contributed by atoms with van der Waals surface area (Å²) < 4.78 is 1.37. The van der Waals surface area contributed by atoms with Crippen LogP contribution in [0.4, 0.5) is 0 Å². The zero-order valence-electron chi connectivity index (χ0n) is 7.46. The largest absolute Gasteiger partial charge is 0.478 e. The maximum Gasteiger partial charge on any atom is 0.338 e. The van der Waals surface area contributed by atoms with E-state index in [4.69, 9.17) is 16.7 Å². The van der Waals surface area contributed by atoms with Crippen LogP contribution < -0.4 is 0 Å². The molecular weight excluding hydrogens is 218 g/mol. The number of pyridine rings is 1. The average molecular weight is 224 g/mol. The van der Waals surface area contributed by atoms with Crippen LogP contribution in [0.1, 0.15) is 10.4 Å². The van der Waals surface area contributed by atoms with Crippen molar-refractivity contribution in [2.45, 2.75) is 0 Å². The van der Waals surface area contributed by atoms with E-state index < -0.39 is 5.97 Å². The van der Waals surface area contributed by atoms with Gasteiger partial charge in [0.05, 0.1) is 28.7 Å². The molecule has 0 aliphatic heterocycles. The molecule has 2 heterocycles. The quantitative estimate of drug-likeness (QED) is 0.840. The first-order chi connectivity index (χ1) is 7.18. The Kier molecular flexibility index (Phi) is 2.39. The highest BCUT2D eigenvalue weighted by Gasteiger charge is 2.11. The molecule has 6 heteroatoms. The summed E-state index contributed by atoms with van der Waals surface area (Å²) >= 11 is 5.69. The second-order valence-corrected chi connectivity index (χ2v) is 3.24. The molecule has 5 nitrogen and oxygen atoms in total. The summed E-state index contributed by atoms with van der Waals surface area (Å²) in [5.74, 6) is -1.03. The molecule has 1 N–H and O–H groups in total. The number of carbonyl (C=O) groups is 1. The minimum atomic E-state index is -1.03. The van der Waals surface area contributed by atoms with Gasteiger partial charge in [-0.05, 0) is 6.07 Å². The van der Waals surface area contributed by atoms with Gasteiger partial charge in [0.2, 0.25) is 0 Å². The predicted octanol–water partition coefficient (Wildman–Crippen LogP) is 1.62. The summed E-state index contributed by atoms with van der Waals surface area (Å²) in [6.07, 6.45) is 5.79. The molecule has 0 bridgehead atoms. The maximum atomic E-state index is 10.9. The normalized spacial score (nSPS) is 10.2. The fourth-order valence-electron chi connectivity index (χ4n) is 1.18. The lowest BCUT2D eigenvalue weighted by Gasteiger charge is -2.03. The molecule has 0 radical (unpaired) electrons. The highest BCUT2D eigenvalue weighted by molar-refractivity contribution is 6.30. The first-order valence-electron chi connectivity index (χ1n) is 4.06. The van der Waals surface area contributed by atoms with Crippen LogP contribution in [0.3, 0.4) is 0 Å². The Morgan fingerprint density at radius 2 is 2.27 bits per heavy atom. The van der Waals surface area contributed by atoms with Crippen LogP contribution in [0, 0.1) is 0 Å². The zero-order chi connectivity index (χ0) is 10.8. The van der Waals surface area contributed by atoms with Crippen LogP contribution >= 0.6 is 11.6 Å². The highest BCUT2D eigenvalue weighted by Crippen LogP contribution is 2.14. The van der Waals surface area contributed by atoms with E-state index in [9.17, 15) is 4.79 Å². The van der Waals surface area contributed by atoms with E-state index in [2.05, 4.69) is 10.1 Å². The molecule has 0 aromatic carbocycles. The minimum absolute atomic E-state index is 0.129. The van der Waals surface area contributed by atoms with Gasteiger partial charge in [-0.25, -0.2) is 9.48 Å². The lowest BCUT2D eigenvalue weighted by Crippen LogP contribution is -2.06. The molecule has 15 heavy (non-hydrogen) atoms. The monoisotopic (exact) mass is 223 g/mol. The Labute approximate surface area is 89.9 Å². The average Bonchev–Trinajstić information content (AvgIpc) is 2.65. The number of nitrogens with zero attached hydrogens (tertiary/aromatic N) is 3. The number of carboxylic acids is 1. The molecule has 0 amide bonds. The number of rotatable bonds is 2. The molecule has 0 saturated heterocycles. The van der Waals surface area contributed by atoms with Crippen LogP contribution in [0.5, 0.6) is 0 Å². The molecule has 0 unspecified atom stereocenters. The molecule has 0 aliphatic rings. The molecule has 0 aliphatic carbocycles. The summed E-state index contributed by atoms with van der Waals surface area (Å²) in [4.78, 5) is 14.7. The topological polar surface area (TPSA) is 68.0 Å². The van der Waals surface area contributed by atoms with Crippen LogP contribution in [-0.4, -0.2) is 25.8 Å². The minimum Gasteiger partial charge on any atom is -0.478 e. The fraction of sp³-hybridized carbons (Fsp3) is 0. The Morgan fingerprint density at radius 1 is 1.47 bits per heavy atom. The van der Waals surface area contributed by atoms with E-state index in [0.717, 1.165) is 0 Å². The number of aromatic nitrogens is 3. The van der Waals surface area contributed by atoms with Gasteiger partial charge in [0, 0.05) is 12.4 Å². The van der Waals surface area contributed by atoms with Crippen molar-refractivity contribution in [2.24, 2.45) is 0 Å². The Morgan fingerprint density at radius 3 is 2.87 bits per heavy atom. The van der Waals surface area contributed by atoms with Crippen molar-refractivity contribution in [3.05, 3.63) is 41.4 Å². The van der Waals surface area contributed by atoms with Crippen LogP contribution in [0.2, 0.25) is 5.02 Å². The Bertz CT molecular complexity index is 510. The van der Waals surface area contributed by atoms with Gasteiger partial charge in [0.15, 0.2) is 0 Å². The van der Waals surface area contributed by atoms with Gasteiger partial charge in [0.1, 0.15) is 0 Å². The number of carboxylic acid groups (broad SMARTS) is 1. The lowest BCUT2D eigenvalue weighted by atomic mass is 10.2. The van der Waals surface area contributed by atoms with Crippen LogP contribution in [0.25, 0.3) is 5.69 Å². The van der Waals surface area contributed by atoms with Gasteiger partial charge in [-0.15, -0.1) is 0 Å². The molecule has 2 rings (SSSR count). The summed E-state index contributed by atoms with van der Waals surface area (Å²) in [7, 11) is 0. The molecule has 2 aromatic heterocycles. The van der Waals surface area contributed by atoms with Crippen molar-refractivity contribution in [1.82, 2.24) is 14.8 Å². The van der Waals surface area contributed by atoms with E-state index in [1.165, 1.54) is 35.5 Å². The van der Waals surface area contributed by atoms with E-state index in [-0.39, 0.29) is 5.56 Å². The summed E-state index contributed by atoms with van der Waals surface area (Å²) in [6.45, 7) is 0. The van der Waals surface area contributed by atoms with E-state index in [1.54, 1.807) is 0 Å². The van der Waals surface area contributed by atoms with Gasteiger partial charge in [-0.2, -0.15) is 5.10 Å². The van der Waals surface area contributed by atoms with E-state index >= 15 is 0 Å². The lowest BCUT2D eigenvalue weighted by molar-refractivity contribution is 0.0696. The van der Waals surface area contributed by atoms with Crippen molar-refractivity contribution in [3.8, 4) is 5.69 Å². The summed E-state index contributed by atoms with van der Waals surface area (Å²) in [6, 6.07) is 1.41. The first-order valence-corrected chi connectivity index (χ1v) is 4.44. The third kappa shape index (κ3) is 1.82. The number of hydrogen-bond donors (Lipinski definition) is 1. The Balaban J connectivity index is 2.57. The van der Waals surface area contributed by atoms with Crippen LogP contribution in [0.15, 0.2) is 30.9 Å². The van der Waals surface area contributed by atoms with E-state index in [1.807, 2.05) is 0 Å². The number of halogens is 1. The number of hydrogen-bond acceptors (Lipinski definition) is 3. The maximum absolute atomic E-state index is 10.9. The van der Waals surface area contributed by atoms with Gasteiger partial charge in [-0.1, -0.05) is 11.6 Å². The highest BCUT2D eigenvalue weighted by atomic mass is 35.5. The van der Waals surface area contributed by atoms with E-state index in [0.29, 0.717) is 10.7 Å². The third-order valence-corrected chi connectivity index (χ3v) is 2.02.